The number of aliphatic hydroxyl groups excluding tert-OH is 1. The zero-order chi connectivity index (χ0) is 13.6. The average molecular weight is 267 g/mol. The summed E-state index contributed by atoms with van der Waals surface area (Å²) in [6, 6.07) is 0. The van der Waals surface area contributed by atoms with Gasteiger partial charge in [-0.25, -0.2) is 0 Å². The normalized spacial score (nSPS) is 41.0. The molecule has 3 N–H and O–H groups in total. The van der Waals surface area contributed by atoms with Gasteiger partial charge in [-0.3, -0.25) is 9.59 Å². The highest BCUT2D eigenvalue weighted by Gasteiger charge is 2.51. The first-order valence-corrected chi connectivity index (χ1v) is 7.18. The van der Waals surface area contributed by atoms with Crippen molar-refractivity contribution in [2.24, 2.45) is 17.8 Å². The van der Waals surface area contributed by atoms with E-state index in [9.17, 15) is 14.7 Å². The minimum Gasteiger partial charge on any atom is -0.481 e. The Balaban J connectivity index is 1.66. The summed E-state index contributed by atoms with van der Waals surface area (Å²) in [4.78, 5) is 22.5. The van der Waals surface area contributed by atoms with Gasteiger partial charge in [-0.1, -0.05) is 0 Å². The molecular formula is C14H21NO4. The molecule has 0 aromatic carbocycles. The van der Waals surface area contributed by atoms with Gasteiger partial charge in [-0.05, 0) is 56.3 Å². The van der Waals surface area contributed by atoms with Gasteiger partial charge in [0.1, 0.15) is 6.10 Å². The summed E-state index contributed by atoms with van der Waals surface area (Å²) in [5.41, 5.74) is -0.161. The number of aliphatic carboxylic acids is 1. The van der Waals surface area contributed by atoms with Gasteiger partial charge in [0.05, 0.1) is 6.42 Å². The fraction of sp³-hybridized carbons (Fsp3) is 0.857. The van der Waals surface area contributed by atoms with Crippen LogP contribution in [0.1, 0.15) is 44.9 Å². The predicted octanol–water partition coefficient (Wildman–Crippen LogP) is 0.907. The maximum absolute atomic E-state index is 11.9. The highest BCUT2D eigenvalue weighted by atomic mass is 16.4. The van der Waals surface area contributed by atoms with E-state index in [2.05, 4.69) is 5.32 Å². The minimum atomic E-state index is -1.43. The molecule has 19 heavy (non-hydrogen) atoms. The molecule has 4 fully saturated rings. The summed E-state index contributed by atoms with van der Waals surface area (Å²) < 4.78 is 0. The molecule has 4 aliphatic carbocycles. The van der Waals surface area contributed by atoms with E-state index < -0.39 is 24.4 Å². The topological polar surface area (TPSA) is 86.6 Å². The van der Waals surface area contributed by atoms with Gasteiger partial charge in [-0.2, -0.15) is 0 Å². The monoisotopic (exact) mass is 267 g/mol. The van der Waals surface area contributed by atoms with Crippen molar-refractivity contribution in [1.29, 1.82) is 0 Å². The second-order valence-electron chi connectivity index (χ2n) is 6.80. The smallest absolute Gasteiger partial charge is 0.306 e. The molecule has 0 heterocycles. The highest BCUT2D eigenvalue weighted by molar-refractivity contribution is 5.85. The molecule has 1 unspecified atom stereocenters. The maximum atomic E-state index is 11.9. The Kier molecular flexibility index (Phi) is 3.04. The number of carboxylic acids is 1. The van der Waals surface area contributed by atoms with Crippen molar-refractivity contribution in [3.8, 4) is 0 Å². The Morgan fingerprint density at radius 1 is 1.11 bits per heavy atom. The molecule has 5 nitrogen and oxygen atoms in total. The number of hydrogen-bond acceptors (Lipinski definition) is 3. The van der Waals surface area contributed by atoms with E-state index in [4.69, 9.17) is 5.11 Å². The Morgan fingerprint density at radius 3 is 2.00 bits per heavy atom. The standard InChI is InChI=1S/C14H21NO4/c16-11(4-12(17)18)13(19)15-14-5-8-1-9(6-14)3-10(2-8)7-14/h8-11,16H,1-7H2,(H,15,19)(H,17,18). The molecule has 0 saturated heterocycles. The van der Waals surface area contributed by atoms with E-state index in [1.165, 1.54) is 19.3 Å². The van der Waals surface area contributed by atoms with Crippen molar-refractivity contribution < 1.29 is 19.8 Å². The lowest BCUT2D eigenvalue weighted by Crippen LogP contribution is -2.61. The Labute approximate surface area is 112 Å². The van der Waals surface area contributed by atoms with Crippen molar-refractivity contribution in [2.75, 3.05) is 0 Å². The number of amides is 1. The van der Waals surface area contributed by atoms with Crippen LogP contribution in [0.5, 0.6) is 0 Å². The number of rotatable bonds is 4. The lowest BCUT2D eigenvalue weighted by atomic mass is 9.53. The fourth-order valence-electron chi connectivity index (χ4n) is 4.87. The van der Waals surface area contributed by atoms with E-state index in [0.29, 0.717) is 17.8 Å². The summed E-state index contributed by atoms with van der Waals surface area (Å²) in [5.74, 6) is 0.479. The first-order chi connectivity index (χ1) is 8.96. The second kappa shape index (κ2) is 4.47. The van der Waals surface area contributed by atoms with Gasteiger partial charge in [0.15, 0.2) is 0 Å². The number of hydrogen-bond donors (Lipinski definition) is 3. The molecule has 0 spiro atoms. The summed E-state index contributed by atoms with van der Waals surface area (Å²) >= 11 is 0. The molecule has 4 bridgehead atoms. The summed E-state index contributed by atoms with van der Waals surface area (Å²) in [5, 5.41) is 21.2. The lowest BCUT2D eigenvalue weighted by Gasteiger charge is -2.57. The molecular weight excluding hydrogens is 246 g/mol. The molecule has 0 aromatic heterocycles. The number of carboxylic acid groups (broad SMARTS) is 1. The molecule has 0 aliphatic heterocycles. The zero-order valence-corrected chi connectivity index (χ0v) is 11.0. The number of carbonyl (C=O) groups excluding carboxylic acids is 1. The first kappa shape index (κ1) is 12.9. The number of carbonyl (C=O) groups is 2. The number of nitrogens with one attached hydrogen (secondary N) is 1. The average Bonchev–Trinajstić information content (AvgIpc) is 2.24. The summed E-state index contributed by atoms with van der Waals surface area (Å²) in [6.45, 7) is 0. The van der Waals surface area contributed by atoms with Gasteiger partial charge in [0.25, 0.3) is 0 Å². The van der Waals surface area contributed by atoms with Crippen molar-refractivity contribution >= 4 is 11.9 Å². The van der Waals surface area contributed by atoms with Crippen LogP contribution in [0.3, 0.4) is 0 Å². The van der Waals surface area contributed by atoms with Crippen molar-refractivity contribution in [1.82, 2.24) is 5.32 Å². The molecule has 1 amide bonds. The van der Waals surface area contributed by atoms with E-state index in [0.717, 1.165) is 19.3 Å². The third-order valence-corrected chi connectivity index (χ3v) is 5.10. The molecule has 0 aromatic rings. The molecule has 4 saturated carbocycles. The first-order valence-electron chi connectivity index (χ1n) is 7.18. The van der Waals surface area contributed by atoms with Crippen molar-refractivity contribution in [2.45, 2.75) is 56.6 Å². The molecule has 5 heteroatoms. The highest BCUT2D eigenvalue weighted by Crippen LogP contribution is 2.55. The summed E-state index contributed by atoms with van der Waals surface area (Å²) in [6.07, 6.45) is 4.93. The van der Waals surface area contributed by atoms with E-state index in [1.54, 1.807) is 0 Å². The second-order valence-corrected chi connectivity index (χ2v) is 6.80. The van der Waals surface area contributed by atoms with Crippen LogP contribution < -0.4 is 5.32 Å². The molecule has 4 aliphatic rings. The summed E-state index contributed by atoms with van der Waals surface area (Å²) in [7, 11) is 0. The zero-order valence-electron chi connectivity index (χ0n) is 11.0. The lowest BCUT2D eigenvalue weighted by molar-refractivity contribution is -0.146. The van der Waals surface area contributed by atoms with Crippen LogP contribution >= 0.6 is 0 Å². The fourth-order valence-corrected chi connectivity index (χ4v) is 4.87. The number of aliphatic hydroxyl groups is 1. The SMILES string of the molecule is O=C(O)CC(O)C(=O)NC12CC3CC(CC(C3)C1)C2. The maximum Gasteiger partial charge on any atom is 0.306 e. The largest absolute Gasteiger partial charge is 0.481 e. The molecule has 106 valence electrons. The van der Waals surface area contributed by atoms with Crippen LogP contribution in [-0.2, 0) is 9.59 Å². The third-order valence-electron chi connectivity index (χ3n) is 5.10. The quantitative estimate of drug-likeness (QED) is 0.706. The van der Waals surface area contributed by atoms with Crippen molar-refractivity contribution in [3.05, 3.63) is 0 Å². The minimum absolute atomic E-state index is 0.161. The van der Waals surface area contributed by atoms with Gasteiger partial charge >= 0.3 is 5.97 Å². The van der Waals surface area contributed by atoms with E-state index >= 15 is 0 Å². The molecule has 0 radical (unpaired) electrons. The van der Waals surface area contributed by atoms with Crippen molar-refractivity contribution in [3.63, 3.8) is 0 Å². The van der Waals surface area contributed by atoms with Gasteiger partial charge in [0.2, 0.25) is 5.91 Å². The molecule has 1 atom stereocenters. The van der Waals surface area contributed by atoms with Crippen LogP contribution in [0.2, 0.25) is 0 Å². The van der Waals surface area contributed by atoms with E-state index in [1.807, 2.05) is 0 Å². The van der Waals surface area contributed by atoms with Crippen LogP contribution in [0, 0.1) is 17.8 Å². The van der Waals surface area contributed by atoms with Gasteiger partial charge in [0, 0.05) is 5.54 Å². The third kappa shape index (κ3) is 2.48. The van der Waals surface area contributed by atoms with E-state index in [-0.39, 0.29) is 5.54 Å². The van der Waals surface area contributed by atoms with Gasteiger partial charge in [-0.15, -0.1) is 0 Å². The van der Waals surface area contributed by atoms with Gasteiger partial charge < -0.3 is 15.5 Å². The van der Waals surface area contributed by atoms with Crippen LogP contribution in [-0.4, -0.2) is 33.7 Å². The Bertz CT molecular complexity index is 371. The Morgan fingerprint density at radius 2 is 1.58 bits per heavy atom. The predicted molar refractivity (Wildman–Crippen MR) is 67.3 cm³/mol. The van der Waals surface area contributed by atoms with Crippen LogP contribution in [0.25, 0.3) is 0 Å². The molecule has 4 rings (SSSR count). The Hall–Kier alpha value is -1.10. The van der Waals surface area contributed by atoms with Crippen LogP contribution in [0.15, 0.2) is 0 Å². The van der Waals surface area contributed by atoms with Crippen LogP contribution in [0.4, 0.5) is 0 Å².